The van der Waals surface area contributed by atoms with Crippen LogP contribution in [0.2, 0.25) is 0 Å². The number of benzene rings is 1. The minimum Gasteiger partial charge on any atom is -0.481 e. The van der Waals surface area contributed by atoms with Gasteiger partial charge in [-0.3, -0.25) is 4.79 Å². The van der Waals surface area contributed by atoms with Crippen LogP contribution in [-0.2, 0) is 4.79 Å². The Kier molecular flexibility index (Phi) is 3.28. The van der Waals surface area contributed by atoms with Gasteiger partial charge in [-0.15, -0.1) is 0 Å². The smallest absolute Gasteiger partial charge is 0.303 e. The molecule has 0 radical (unpaired) electrons. The summed E-state index contributed by atoms with van der Waals surface area (Å²) >= 11 is 0. The van der Waals surface area contributed by atoms with Gasteiger partial charge in [-0.1, -0.05) is 18.2 Å². The van der Waals surface area contributed by atoms with E-state index < -0.39 is 5.97 Å². The quantitative estimate of drug-likeness (QED) is 0.875. The monoisotopic (exact) mass is 257 g/mol. The van der Waals surface area contributed by atoms with E-state index in [-0.39, 0.29) is 0 Å². The van der Waals surface area contributed by atoms with Gasteiger partial charge in [0.2, 0.25) is 0 Å². The van der Waals surface area contributed by atoms with E-state index in [0.717, 1.165) is 25.7 Å². The van der Waals surface area contributed by atoms with Gasteiger partial charge in [-0.25, -0.2) is 0 Å². The van der Waals surface area contributed by atoms with Gasteiger partial charge in [0, 0.05) is 23.5 Å². The number of hydrogen-bond donors (Lipinski definition) is 2. The number of fused-ring (bicyclic) bond motifs is 1. The largest absolute Gasteiger partial charge is 0.481 e. The summed E-state index contributed by atoms with van der Waals surface area (Å²) in [4.78, 5) is 14.1. The molecule has 0 spiro atoms. The van der Waals surface area contributed by atoms with E-state index in [9.17, 15) is 4.79 Å². The number of aliphatic carboxylic acids is 1. The van der Waals surface area contributed by atoms with Crippen LogP contribution in [0.4, 0.5) is 0 Å². The van der Waals surface area contributed by atoms with E-state index in [1.54, 1.807) is 0 Å². The first-order valence-corrected chi connectivity index (χ1v) is 7.02. The van der Waals surface area contributed by atoms with Crippen LogP contribution in [0.25, 0.3) is 10.9 Å². The van der Waals surface area contributed by atoms with Gasteiger partial charge in [0.25, 0.3) is 0 Å². The highest BCUT2D eigenvalue weighted by atomic mass is 16.4. The van der Waals surface area contributed by atoms with Crippen LogP contribution in [0, 0.1) is 5.92 Å². The van der Waals surface area contributed by atoms with E-state index in [1.165, 1.54) is 16.5 Å². The molecule has 0 saturated heterocycles. The molecular formula is C16H19NO2. The van der Waals surface area contributed by atoms with E-state index in [2.05, 4.69) is 29.4 Å². The minimum atomic E-state index is -0.657. The predicted molar refractivity (Wildman–Crippen MR) is 75.3 cm³/mol. The normalized spacial score (nSPS) is 23.6. The number of aromatic nitrogens is 1. The van der Waals surface area contributed by atoms with Crippen molar-refractivity contribution < 1.29 is 9.90 Å². The third kappa shape index (κ3) is 2.50. The topological polar surface area (TPSA) is 53.1 Å². The van der Waals surface area contributed by atoms with Crippen molar-refractivity contribution in [1.82, 2.24) is 4.98 Å². The van der Waals surface area contributed by atoms with Crippen molar-refractivity contribution in [3.05, 3.63) is 36.0 Å². The van der Waals surface area contributed by atoms with Gasteiger partial charge in [-0.2, -0.15) is 0 Å². The summed E-state index contributed by atoms with van der Waals surface area (Å²) in [5.74, 6) is 0.302. The van der Waals surface area contributed by atoms with Crippen LogP contribution in [0.5, 0.6) is 0 Å². The maximum Gasteiger partial charge on any atom is 0.303 e. The van der Waals surface area contributed by atoms with Gasteiger partial charge < -0.3 is 10.1 Å². The van der Waals surface area contributed by atoms with E-state index >= 15 is 0 Å². The standard InChI is InChI=1S/C16H19NO2/c18-16(19)9-11-5-7-12(8-6-11)14-10-17-15-4-2-1-3-13(14)15/h1-4,10-12,17H,5-9H2,(H,18,19). The fourth-order valence-electron chi connectivity index (χ4n) is 3.36. The molecule has 0 atom stereocenters. The summed E-state index contributed by atoms with van der Waals surface area (Å²) < 4.78 is 0. The SMILES string of the molecule is O=C(O)CC1CCC(c2c[nH]c3ccccc23)CC1. The Labute approximate surface area is 112 Å². The number of aromatic amines is 1. The Morgan fingerprint density at radius 1 is 1.21 bits per heavy atom. The van der Waals surface area contributed by atoms with Gasteiger partial charge in [-0.05, 0) is 49.1 Å². The van der Waals surface area contributed by atoms with Gasteiger partial charge in [0.15, 0.2) is 0 Å². The van der Waals surface area contributed by atoms with Crippen LogP contribution in [-0.4, -0.2) is 16.1 Å². The number of carboxylic acid groups (broad SMARTS) is 1. The lowest BCUT2D eigenvalue weighted by Crippen LogP contribution is -2.16. The summed E-state index contributed by atoms with van der Waals surface area (Å²) in [6, 6.07) is 8.40. The number of rotatable bonds is 3. The molecule has 1 aromatic heterocycles. The Morgan fingerprint density at radius 3 is 2.68 bits per heavy atom. The second-order valence-corrected chi connectivity index (χ2v) is 5.61. The zero-order chi connectivity index (χ0) is 13.2. The lowest BCUT2D eigenvalue weighted by Gasteiger charge is -2.27. The minimum absolute atomic E-state index is 0.334. The summed E-state index contributed by atoms with van der Waals surface area (Å²) in [6.45, 7) is 0. The average molecular weight is 257 g/mol. The Hall–Kier alpha value is -1.77. The molecule has 1 aromatic carbocycles. The summed E-state index contributed by atoms with van der Waals surface area (Å²) in [5, 5.41) is 10.2. The van der Waals surface area contributed by atoms with Crippen molar-refractivity contribution in [2.45, 2.75) is 38.0 Å². The first-order valence-electron chi connectivity index (χ1n) is 7.02. The van der Waals surface area contributed by atoms with Crippen molar-refractivity contribution in [2.24, 2.45) is 5.92 Å². The number of carboxylic acids is 1. The number of H-pyrrole nitrogens is 1. The molecule has 0 unspecified atom stereocenters. The van der Waals surface area contributed by atoms with Crippen molar-refractivity contribution >= 4 is 16.9 Å². The summed E-state index contributed by atoms with van der Waals surface area (Å²) in [5.41, 5.74) is 2.61. The molecule has 1 heterocycles. The van der Waals surface area contributed by atoms with Gasteiger partial charge in [0.05, 0.1) is 0 Å². The first kappa shape index (κ1) is 12.3. The zero-order valence-corrected chi connectivity index (χ0v) is 10.9. The fourth-order valence-corrected chi connectivity index (χ4v) is 3.36. The maximum absolute atomic E-state index is 10.7. The third-order valence-electron chi connectivity index (χ3n) is 4.37. The number of hydrogen-bond acceptors (Lipinski definition) is 1. The molecule has 1 aliphatic rings. The van der Waals surface area contributed by atoms with Crippen molar-refractivity contribution in [3.8, 4) is 0 Å². The summed E-state index contributed by atoms with van der Waals surface area (Å²) in [6.07, 6.45) is 6.76. The lowest BCUT2D eigenvalue weighted by molar-refractivity contribution is -0.138. The third-order valence-corrected chi connectivity index (χ3v) is 4.37. The van der Waals surface area contributed by atoms with Crippen molar-refractivity contribution in [2.75, 3.05) is 0 Å². The fraction of sp³-hybridized carbons (Fsp3) is 0.438. The second kappa shape index (κ2) is 5.08. The van der Waals surface area contributed by atoms with E-state index in [4.69, 9.17) is 5.11 Å². The molecule has 0 bridgehead atoms. The first-order chi connectivity index (χ1) is 9.24. The Balaban J connectivity index is 1.73. The average Bonchev–Trinajstić information content (AvgIpc) is 2.83. The molecule has 1 aliphatic carbocycles. The molecular weight excluding hydrogens is 238 g/mol. The lowest BCUT2D eigenvalue weighted by atomic mass is 9.77. The molecule has 2 N–H and O–H groups in total. The van der Waals surface area contributed by atoms with Crippen LogP contribution < -0.4 is 0 Å². The predicted octanol–water partition coefficient (Wildman–Crippen LogP) is 3.92. The Bertz CT molecular complexity index is 579. The highest BCUT2D eigenvalue weighted by Gasteiger charge is 2.25. The highest BCUT2D eigenvalue weighted by Crippen LogP contribution is 2.39. The molecule has 3 rings (SSSR count). The van der Waals surface area contributed by atoms with E-state index in [0.29, 0.717) is 18.3 Å². The molecule has 2 aromatic rings. The van der Waals surface area contributed by atoms with Crippen molar-refractivity contribution in [1.29, 1.82) is 0 Å². The van der Waals surface area contributed by atoms with Gasteiger partial charge in [0.1, 0.15) is 0 Å². The maximum atomic E-state index is 10.7. The highest BCUT2D eigenvalue weighted by molar-refractivity contribution is 5.83. The van der Waals surface area contributed by atoms with Gasteiger partial charge >= 0.3 is 5.97 Å². The Morgan fingerprint density at radius 2 is 1.95 bits per heavy atom. The van der Waals surface area contributed by atoms with Crippen LogP contribution in [0.3, 0.4) is 0 Å². The zero-order valence-electron chi connectivity index (χ0n) is 10.9. The summed E-state index contributed by atoms with van der Waals surface area (Å²) in [7, 11) is 0. The second-order valence-electron chi connectivity index (χ2n) is 5.61. The van der Waals surface area contributed by atoms with Crippen LogP contribution in [0.15, 0.2) is 30.5 Å². The molecule has 0 aliphatic heterocycles. The molecule has 3 nitrogen and oxygen atoms in total. The van der Waals surface area contributed by atoms with E-state index in [1.807, 2.05) is 6.07 Å². The number of para-hydroxylation sites is 1. The number of nitrogens with one attached hydrogen (secondary N) is 1. The molecule has 100 valence electrons. The molecule has 3 heteroatoms. The van der Waals surface area contributed by atoms with Crippen LogP contribution >= 0.6 is 0 Å². The molecule has 0 amide bonds. The molecule has 1 fully saturated rings. The number of carbonyl (C=O) groups is 1. The molecule has 1 saturated carbocycles. The van der Waals surface area contributed by atoms with Crippen LogP contribution in [0.1, 0.15) is 43.6 Å². The molecule has 19 heavy (non-hydrogen) atoms. The van der Waals surface area contributed by atoms with Crippen molar-refractivity contribution in [3.63, 3.8) is 0 Å².